The third kappa shape index (κ3) is 6.08. The Morgan fingerprint density at radius 2 is 1.74 bits per heavy atom. The third-order valence-corrected chi connectivity index (χ3v) is 11.7. The molecule has 34 heavy (non-hydrogen) atoms. The van der Waals surface area contributed by atoms with Crippen LogP contribution in [0.5, 0.6) is 5.75 Å². The molecule has 1 aliphatic heterocycles. The lowest BCUT2D eigenvalue weighted by molar-refractivity contribution is -0.123. The van der Waals surface area contributed by atoms with Gasteiger partial charge in [0.15, 0.2) is 0 Å². The molecule has 0 bridgehead atoms. The Morgan fingerprint density at radius 3 is 2.29 bits per heavy atom. The normalized spacial score (nSPS) is 23.5. The zero-order valence-corrected chi connectivity index (χ0v) is 22.0. The predicted molar refractivity (Wildman–Crippen MR) is 138 cm³/mol. The molecule has 3 rings (SSSR count). The van der Waals surface area contributed by atoms with Crippen molar-refractivity contribution in [2.24, 2.45) is 5.92 Å². The molecule has 2 aromatic rings. The Morgan fingerprint density at radius 1 is 1.09 bits per heavy atom. The molecule has 0 aromatic heterocycles. The number of hydrogen-bond acceptors (Lipinski definition) is 5. The molecule has 1 heterocycles. The first-order chi connectivity index (χ1) is 16.2. The quantitative estimate of drug-likeness (QED) is 0.447. The minimum atomic E-state index is -1.88. The summed E-state index contributed by atoms with van der Waals surface area (Å²) in [5.74, 6) is 0.848. The second-order valence-electron chi connectivity index (χ2n) is 9.96. The van der Waals surface area contributed by atoms with Gasteiger partial charge in [-0.1, -0.05) is 49.5 Å². The fourth-order valence-electron chi connectivity index (χ4n) is 5.35. The van der Waals surface area contributed by atoms with Crippen LogP contribution in [0.2, 0.25) is 18.6 Å². The lowest BCUT2D eigenvalue weighted by atomic mass is 9.95. The number of rotatable bonds is 10. The molecule has 0 saturated carbocycles. The van der Waals surface area contributed by atoms with Gasteiger partial charge in [-0.3, -0.25) is 4.79 Å². The number of ether oxygens (including phenoxy) is 2. The van der Waals surface area contributed by atoms with Gasteiger partial charge in [0, 0.05) is 12.3 Å². The Balaban J connectivity index is 1.68. The minimum absolute atomic E-state index is 0.0619. The first kappa shape index (κ1) is 26.4. The summed E-state index contributed by atoms with van der Waals surface area (Å²) in [5, 5.41) is 23.2. The number of carbonyl (C=O) groups is 1. The van der Waals surface area contributed by atoms with E-state index in [-0.39, 0.29) is 18.8 Å². The molecule has 3 N–H and O–H groups in total. The lowest BCUT2D eigenvalue weighted by Gasteiger charge is -2.36. The summed E-state index contributed by atoms with van der Waals surface area (Å²) in [4.78, 5) is 11.7. The molecule has 1 fully saturated rings. The number of aliphatic hydroxyl groups excluding tert-OH is 2. The molecular weight excluding hydrogens is 446 g/mol. The second-order valence-corrected chi connectivity index (χ2v) is 14.6. The maximum Gasteiger partial charge on any atom is 0.252 e. The summed E-state index contributed by atoms with van der Waals surface area (Å²) in [7, 11) is -0.194. The van der Waals surface area contributed by atoms with E-state index in [4.69, 9.17) is 9.47 Å². The van der Waals surface area contributed by atoms with Crippen molar-refractivity contribution in [3.05, 3.63) is 54.1 Å². The predicted octanol–water partition coefficient (Wildman–Crippen LogP) is 3.72. The van der Waals surface area contributed by atoms with Crippen LogP contribution < -0.4 is 15.2 Å². The van der Waals surface area contributed by atoms with Crippen LogP contribution in [-0.2, 0) is 16.0 Å². The maximum absolute atomic E-state index is 11.7. The number of amides is 1. The van der Waals surface area contributed by atoms with Gasteiger partial charge in [0.2, 0.25) is 0 Å². The molecule has 2 aromatic carbocycles. The number of aryl methyl sites for hydroxylation is 1. The number of aliphatic hydroxyl groups is 2. The van der Waals surface area contributed by atoms with E-state index in [1.165, 1.54) is 17.7 Å². The number of benzene rings is 2. The van der Waals surface area contributed by atoms with E-state index >= 15 is 0 Å². The van der Waals surface area contributed by atoms with E-state index in [1.54, 1.807) is 7.11 Å². The zero-order chi connectivity index (χ0) is 24.9. The van der Waals surface area contributed by atoms with Crippen molar-refractivity contribution in [1.29, 1.82) is 0 Å². The summed E-state index contributed by atoms with van der Waals surface area (Å²) >= 11 is 0. The molecule has 6 nitrogen and oxygen atoms in total. The van der Waals surface area contributed by atoms with Crippen LogP contribution in [0.4, 0.5) is 5.69 Å². The highest BCUT2D eigenvalue weighted by atomic mass is 28.3. The summed E-state index contributed by atoms with van der Waals surface area (Å²) in [6, 6.07) is 16.2. The van der Waals surface area contributed by atoms with Crippen LogP contribution in [0.15, 0.2) is 48.5 Å². The highest BCUT2D eigenvalue weighted by Gasteiger charge is 2.50. The zero-order valence-electron chi connectivity index (χ0n) is 21.0. The van der Waals surface area contributed by atoms with Crippen LogP contribution in [0.3, 0.4) is 0 Å². The van der Waals surface area contributed by atoms with Crippen LogP contribution in [0.25, 0.3) is 0 Å². The topological polar surface area (TPSA) is 88.0 Å². The first-order valence-corrected chi connectivity index (χ1v) is 15.2. The molecule has 7 heteroatoms. The molecule has 0 radical (unpaired) electrons. The van der Waals surface area contributed by atoms with Gasteiger partial charge in [-0.2, -0.15) is 0 Å². The molecule has 0 aliphatic carbocycles. The van der Waals surface area contributed by atoms with Crippen molar-refractivity contribution in [3.8, 4) is 5.75 Å². The number of anilines is 1. The largest absolute Gasteiger partial charge is 0.497 e. The van der Waals surface area contributed by atoms with Gasteiger partial charge in [-0.15, -0.1) is 0 Å². The molecule has 1 amide bonds. The van der Waals surface area contributed by atoms with E-state index in [0.29, 0.717) is 23.6 Å². The molecule has 1 aliphatic rings. The molecule has 0 spiro atoms. The van der Waals surface area contributed by atoms with Crippen molar-refractivity contribution in [3.63, 3.8) is 0 Å². The van der Waals surface area contributed by atoms with Gasteiger partial charge in [0.25, 0.3) is 5.91 Å². The highest BCUT2D eigenvalue weighted by molar-refractivity contribution is 6.91. The number of hydrogen-bond donors (Lipinski definition) is 3. The van der Waals surface area contributed by atoms with Gasteiger partial charge in [-0.25, -0.2) is 0 Å². The van der Waals surface area contributed by atoms with Gasteiger partial charge in [-0.05, 0) is 67.5 Å². The van der Waals surface area contributed by atoms with E-state index in [1.807, 2.05) is 36.4 Å². The van der Waals surface area contributed by atoms with Crippen LogP contribution in [-0.4, -0.2) is 56.2 Å². The van der Waals surface area contributed by atoms with Gasteiger partial charge in [0.05, 0.1) is 27.4 Å². The number of methoxy groups -OCH3 is 1. The Kier molecular flexibility index (Phi) is 8.93. The van der Waals surface area contributed by atoms with Crippen molar-refractivity contribution in [2.75, 3.05) is 19.0 Å². The fraction of sp³-hybridized carbons (Fsp3) is 0.519. The van der Waals surface area contributed by atoms with Gasteiger partial charge in [0.1, 0.15) is 11.9 Å². The Hall–Kier alpha value is -2.19. The van der Waals surface area contributed by atoms with Crippen molar-refractivity contribution in [2.45, 2.75) is 70.1 Å². The minimum Gasteiger partial charge on any atom is -0.497 e. The lowest BCUT2D eigenvalue weighted by Crippen LogP contribution is -2.50. The first-order valence-electron chi connectivity index (χ1n) is 12.2. The molecule has 1 saturated heterocycles. The Bertz CT molecular complexity index is 929. The van der Waals surface area contributed by atoms with Crippen LogP contribution in [0.1, 0.15) is 32.3 Å². The molecule has 186 valence electrons. The summed E-state index contributed by atoms with van der Waals surface area (Å²) < 4.78 is 11.9. The number of nitrogens with one attached hydrogen (secondary N) is 1. The highest BCUT2D eigenvalue weighted by Crippen LogP contribution is 2.46. The van der Waals surface area contributed by atoms with Crippen molar-refractivity contribution in [1.82, 2.24) is 0 Å². The average Bonchev–Trinajstić information content (AvgIpc) is 3.14. The monoisotopic (exact) mass is 485 g/mol. The standard InChI is InChI=1S/C27H39NO5Si/c1-18-24(15-8-20-6-9-21(10-7-20)28-27(31)19(2)30)33-25(16-17-29)26(18)34(4,5)23-13-11-22(32-3)12-14-23/h6-7,9-14,18-19,24-26,29-30H,8,15-17H2,1-5H3,(H,28,31)/t18-,19-,24+,25-,26+/m0/s1. The van der Waals surface area contributed by atoms with E-state index in [0.717, 1.165) is 18.6 Å². The SMILES string of the molecule is COc1ccc([Si](C)(C)[C@@H]2[C@@H](C)[C@@H](CCc3ccc(NC(=O)[C@H](C)O)cc3)O[C@H]2CCO)cc1. The van der Waals surface area contributed by atoms with Gasteiger partial charge >= 0.3 is 0 Å². The van der Waals surface area contributed by atoms with E-state index in [2.05, 4.69) is 37.5 Å². The number of carbonyl (C=O) groups excluding carboxylic acids is 1. The summed E-state index contributed by atoms with van der Waals surface area (Å²) in [6.07, 6.45) is 1.61. The second kappa shape index (κ2) is 11.5. The van der Waals surface area contributed by atoms with Crippen LogP contribution >= 0.6 is 0 Å². The molecular formula is C27H39NO5Si. The van der Waals surface area contributed by atoms with Crippen molar-refractivity contribution >= 4 is 24.9 Å². The third-order valence-electron chi connectivity index (χ3n) is 7.30. The van der Waals surface area contributed by atoms with Gasteiger partial charge < -0.3 is 25.0 Å². The van der Waals surface area contributed by atoms with Crippen LogP contribution in [0, 0.1) is 5.92 Å². The maximum atomic E-state index is 11.7. The summed E-state index contributed by atoms with van der Waals surface area (Å²) in [6.45, 7) is 8.70. The summed E-state index contributed by atoms with van der Waals surface area (Å²) in [5.41, 5.74) is 2.27. The fourth-order valence-corrected chi connectivity index (χ4v) is 9.47. The smallest absolute Gasteiger partial charge is 0.252 e. The molecule has 0 unspecified atom stereocenters. The Labute approximate surface area is 204 Å². The van der Waals surface area contributed by atoms with Crippen molar-refractivity contribution < 1.29 is 24.5 Å². The van der Waals surface area contributed by atoms with E-state index in [9.17, 15) is 15.0 Å². The average molecular weight is 486 g/mol. The van der Waals surface area contributed by atoms with E-state index < -0.39 is 20.1 Å². The molecule has 5 atom stereocenters.